The van der Waals surface area contributed by atoms with Crippen LogP contribution in [0.15, 0.2) is 0 Å². The van der Waals surface area contributed by atoms with Gasteiger partial charge in [0, 0.05) is 0 Å². The smallest absolute Gasteiger partial charge is 0.0103 e. The third-order valence-corrected chi connectivity index (χ3v) is 0.671. The number of rotatable bonds is 1. The molecule has 6 heavy (non-hydrogen) atoms. The van der Waals surface area contributed by atoms with Gasteiger partial charge < -0.3 is 0 Å². The minimum atomic E-state index is -1.11. The molecule has 3 heteroatoms. The van der Waals surface area contributed by atoms with Crippen molar-refractivity contribution >= 4 is 10.3 Å². The molecule has 0 aromatic rings. The second-order valence-electron chi connectivity index (χ2n) is 1.80. The molecule has 2 nitrogen and oxygen atoms in total. The van der Waals surface area contributed by atoms with Gasteiger partial charge in [-0.15, -0.1) is 10.3 Å². The average Bonchev–Trinajstić information content (AvgIpc) is 1.35. The molecule has 0 aromatic heterocycles. The lowest BCUT2D eigenvalue weighted by Gasteiger charge is -2.17. The van der Waals surface area contributed by atoms with Crippen LogP contribution in [0.25, 0.3) is 0 Å². The highest BCUT2D eigenvalue weighted by Gasteiger charge is 1.98. The van der Waals surface area contributed by atoms with E-state index in [1.807, 2.05) is 18.8 Å². The minimum Gasteiger partial charge on any atom is -0.241 e. The van der Waals surface area contributed by atoms with E-state index in [9.17, 15) is 0 Å². The SMILES string of the molecule is CS(C)(C)OO. The highest BCUT2D eigenvalue weighted by molar-refractivity contribution is 8.28. The van der Waals surface area contributed by atoms with E-state index in [0.717, 1.165) is 0 Å². The van der Waals surface area contributed by atoms with Gasteiger partial charge >= 0.3 is 0 Å². The van der Waals surface area contributed by atoms with Gasteiger partial charge in [-0.3, -0.25) is 0 Å². The molecular weight excluding hydrogens is 100 g/mol. The first-order chi connectivity index (χ1) is 2.56. The lowest BCUT2D eigenvalue weighted by molar-refractivity contribution is -0.122. The van der Waals surface area contributed by atoms with Crippen molar-refractivity contribution in [3.05, 3.63) is 0 Å². The van der Waals surface area contributed by atoms with Crippen molar-refractivity contribution in [2.45, 2.75) is 0 Å². The molecule has 0 unspecified atom stereocenters. The molecule has 0 amide bonds. The summed E-state index contributed by atoms with van der Waals surface area (Å²) in [5, 5.41) is 7.94. The van der Waals surface area contributed by atoms with Crippen LogP contribution in [-0.2, 0) is 4.33 Å². The van der Waals surface area contributed by atoms with Gasteiger partial charge in [-0.2, -0.15) is 4.33 Å². The van der Waals surface area contributed by atoms with Crippen molar-refractivity contribution in [2.75, 3.05) is 18.8 Å². The van der Waals surface area contributed by atoms with Gasteiger partial charge in [0.1, 0.15) is 0 Å². The Morgan fingerprint density at radius 3 is 1.50 bits per heavy atom. The molecule has 0 saturated heterocycles. The standard InChI is InChI=1S/C3H10O2S/c1-6(2,3)5-4/h4H,1-3H3. The van der Waals surface area contributed by atoms with Crippen LogP contribution in [0.3, 0.4) is 0 Å². The zero-order valence-electron chi connectivity index (χ0n) is 4.26. The number of hydrogen-bond donors (Lipinski definition) is 1. The van der Waals surface area contributed by atoms with Crippen molar-refractivity contribution in [1.29, 1.82) is 0 Å². The van der Waals surface area contributed by atoms with Crippen molar-refractivity contribution in [3.63, 3.8) is 0 Å². The Labute approximate surface area is 39.6 Å². The Morgan fingerprint density at radius 1 is 1.33 bits per heavy atom. The monoisotopic (exact) mass is 110 g/mol. The molecule has 0 saturated carbocycles. The summed E-state index contributed by atoms with van der Waals surface area (Å²) in [5.41, 5.74) is 0. The van der Waals surface area contributed by atoms with E-state index in [1.165, 1.54) is 0 Å². The van der Waals surface area contributed by atoms with E-state index in [1.54, 1.807) is 0 Å². The number of hydrogen-bond acceptors (Lipinski definition) is 2. The first-order valence-corrected chi connectivity index (χ1v) is 4.36. The second-order valence-corrected chi connectivity index (χ2v) is 5.40. The fraction of sp³-hybridized carbons (Fsp3) is 1.00. The van der Waals surface area contributed by atoms with Crippen LogP contribution in [-0.4, -0.2) is 24.0 Å². The summed E-state index contributed by atoms with van der Waals surface area (Å²) < 4.78 is 4.02. The van der Waals surface area contributed by atoms with Crippen LogP contribution < -0.4 is 0 Å². The molecule has 0 aliphatic heterocycles. The van der Waals surface area contributed by atoms with E-state index in [0.29, 0.717) is 0 Å². The van der Waals surface area contributed by atoms with Crippen LogP contribution in [0.5, 0.6) is 0 Å². The van der Waals surface area contributed by atoms with Crippen LogP contribution >= 0.6 is 10.3 Å². The zero-order chi connectivity index (χ0) is 5.21. The molecule has 0 radical (unpaired) electrons. The summed E-state index contributed by atoms with van der Waals surface area (Å²) in [7, 11) is -1.11. The van der Waals surface area contributed by atoms with Crippen molar-refractivity contribution < 1.29 is 9.59 Å². The molecule has 1 N–H and O–H groups in total. The molecule has 40 valence electrons. The van der Waals surface area contributed by atoms with Crippen LogP contribution in [0.4, 0.5) is 0 Å². The molecule has 0 bridgehead atoms. The summed E-state index contributed by atoms with van der Waals surface area (Å²) in [4.78, 5) is 0. The normalized spacial score (nSPS) is 14.7. The maximum atomic E-state index is 7.94. The van der Waals surface area contributed by atoms with Gasteiger partial charge in [0.2, 0.25) is 0 Å². The summed E-state index contributed by atoms with van der Waals surface area (Å²) >= 11 is 0. The second kappa shape index (κ2) is 1.82. The first-order valence-electron chi connectivity index (χ1n) is 1.57. The molecule has 0 rings (SSSR count). The predicted octanol–water partition coefficient (Wildman–Crippen LogP) is 1.08. The Bertz CT molecular complexity index is 38.5. The van der Waals surface area contributed by atoms with E-state index in [2.05, 4.69) is 4.33 Å². The summed E-state index contributed by atoms with van der Waals surface area (Å²) in [6, 6.07) is 0. The Balaban J connectivity index is 3.17. The largest absolute Gasteiger partial charge is 0.241 e. The fourth-order valence-corrected chi connectivity index (χ4v) is 0. The van der Waals surface area contributed by atoms with Crippen LogP contribution in [0.2, 0.25) is 0 Å². The minimum absolute atomic E-state index is 1.11. The molecule has 0 heterocycles. The quantitative estimate of drug-likeness (QED) is 0.404. The van der Waals surface area contributed by atoms with Crippen LogP contribution in [0.1, 0.15) is 0 Å². The van der Waals surface area contributed by atoms with Gasteiger partial charge in [-0.1, -0.05) is 0 Å². The Morgan fingerprint density at radius 2 is 1.50 bits per heavy atom. The Kier molecular flexibility index (Phi) is 1.90. The van der Waals surface area contributed by atoms with Gasteiger partial charge in [-0.05, 0) is 18.8 Å². The van der Waals surface area contributed by atoms with Crippen LogP contribution in [0, 0.1) is 0 Å². The summed E-state index contributed by atoms with van der Waals surface area (Å²) in [6.45, 7) is 0. The Hall–Kier alpha value is 0.270. The fourth-order valence-electron chi connectivity index (χ4n) is 0. The molecule has 0 aliphatic rings. The predicted molar refractivity (Wildman–Crippen MR) is 29.1 cm³/mol. The highest BCUT2D eigenvalue weighted by Crippen LogP contribution is 2.33. The maximum absolute atomic E-state index is 7.94. The van der Waals surface area contributed by atoms with Crippen molar-refractivity contribution in [1.82, 2.24) is 0 Å². The third-order valence-electron chi connectivity index (χ3n) is 0.224. The van der Waals surface area contributed by atoms with Gasteiger partial charge in [-0.25, -0.2) is 5.26 Å². The van der Waals surface area contributed by atoms with E-state index < -0.39 is 10.3 Å². The molecule has 0 aliphatic carbocycles. The summed E-state index contributed by atoms with van der Waals surface area (Å²) in [5.74, 6) is 0. The summed E-state index contributed by atoms with van der Waals surface area (Å²) in [6.07, 6.45) is 5.56. The van der Waals surface area contributed by atoms with Crippen molar-refractivity contribution in [2.24, 2.45) is 0 Å². The molecule has 0 fully saturated rings. The maximum Gasteiger partial charge on any atom is -0.0103 e. The molecule has 0 aromatic carbocycles. The highest BCUT2D eigenvalue weighted by atomic mass is 32.3. The zero-order valence-corrected chi connectivity index (χ0v) is 5.08. The topological polar surface area (TPSA) is 29.5 Å². The van der Waals surface area contributed by atoms with E-state index in [4.69, 9.17) is 5.26 Å². The molecule has 0 spiro atoms. The van der Waals surface area contributed by atoms with Crippen molar-refractivity contribution in [3.8, 4) is 0 Å². The van der Waals surface area contributed by atoms with Gasteiger partial charge in [0.05, 0.1) is 0 Å². The average molecular weight is 110 g/mol. The van der Waals surface area contributed by atoms with E-state index in [-0.39, 0.29) is 0 Å². The van der Waals surface area contributed by atoms with Gasteiger partial charge in [0.15, 0.2) is 0 Å². The third kappa shape index (κ3) is 4.27. The first kappa shape index (κ1) is 6.27. The van der Waals surface area contributed by atoms with Gasteiger partial charge in [0.25, 0.3) is 0 Å². The van der Waals surface area contributed by atoms with E-state index >= 15 is 0 Å². The lowest BCUT2D eigenvalue weighted by Crippen LogP contribution is -1.91. The lowest BCUT2D eigenvalue weighted by atomic mass is 11.9. The molecular formula is C3H10O2S. The molecule has 0 atom stereocenters.